The van der Waals surface area contributed by atoms with Crippen molar-refractivity contribution in [1.82, 2.24) is 5.01 Å². The molecule has 1 atom stereocenters. The van der Waals surface area contributed by atoms with E-state index in [4.69, 9.17) is 18.0 Å². The molecule has 1 unspecified atom stereocenters. The van der Waals surface area contributed by atoms with Gasteiger partial charge in [-0.1, -0.05) is 47.9 Å². The number of terminal acetylenes is 1. The number of benzene rings is 3. The molecule has 0 aromatic heterocycles. The second-order valence-corrected chi connectivity index (χ2v) is 7.92. The highest BCUT2D eigenvalue weighted by molar-refractivity contribution is 6.30. The summed E-state index contributed by atoms with van der Waals surface area (Å²) in [5, 5.41) is 6.55. The molecule has 4 rings (SSSR count). The van der Waals surface area contributed by atoms with Crippen LogP contribution in [-0.2, 0) is 0 Å². The second-order valence-electron chi connectivity index (χ2n) is 7.48. The highest BCUT2D eigenvalue weighted by atomic mass is 35.5. The Kier molecular flexibility index (Phi) is 7.09. The number of hydrogen-bond acceptors (Lipinski definition) is 3. The van der Waals surface area contributed by atoms with E-state index in [1.165, 1.54) is 22.0 Å². The number of rotatable bonds is 6. The molecule has 0 bridgehead atoms. The Morgan fingerprint density at radius 2 is 1.79 bits per heavy atom. The van der Waals surface area contributed by atoms with Crippen molar-refractivity contribution < 1.29 is 18.3 Å². The first-order valence-electron chi connectivity index (χ1n) is 10.4. The topological polar surface area (TPSA) is 45.1 Å². The van der Waals surface area contributed by atoms with Gasteiger partial charge in [0.05, 0.1) is 18.8 Å². The average Bonchev–Trinajstić information content (AvgIpc) is 3.29. The predicted molar refractivity (Wildman–Crippen MR) is 129 cm³/mol. The largest absolute Gasteiger partial charge is 0.435 e. The molecular weight excluding hydrogens is 460 g/mol. The van der Waals surface area contributed by atoms with Gasteiger partial charge < -0.3 is 4.74 Å². The van der Waals surface area contributed by atoms with Crippen molar-refractivity contribution in [1.29, 1.82) is 0 Å². The van der Waals surface area contributed by atoms with Crippen LogP contribution in [0.15, 0.2) is 84.0 Å². The Morgan fingerprint density at radius 1 is 1.12 bits per heavy atom. The molecule has 0 fully saturated rings. The smallest absolute Gasteiger partial charge is 0.387 e. The van der Waals surface area contributed by atoms with Crippen LogP contribution in [0.4, 0.5) is 19.3 Å². The number of halogens is 3. The normalized spacial score (nSPS) is 15.1. The van der Waals surface area contributed by atoms with Crippen LogP contribution in [0.5, 0.6) is 5.75 Å². The van der Waals surface area contributed by atoms with E-state index >= 15 is 0 Å². The van der Waals surface area contributed by atoms with Gasteiger partial charge in [-0.15, -0.1) is 6.42 Å². The van der Waals surface area contributed by atoms with Crippen LogP contribution in [0.25, 0.3) is 0 Å². The Balaban J connectivity index is 1.67. The standard InChI is InChI=1S/C26H20ClF2N3O2/c1-2-16-31(21-12-10-20(27)11-13-21)26(33)32-17-23(18-6-4-3-5-7-18)24(30-32)19-8-14-22(15-9-19)34-25(28)29/h1,3-15,23,25H,16-17H2. The van der Waals surface area contributed by atoms with Crippen LogP contribution in [0.1, 0.15) is 17.0 Å². The van der Waals surface area contributed by atoms with Gasteiger partial charge in [0.2, 0.25) is 0 Å². The van der Waals surface area contributed by atoms with Gasteiger partial charge in [0.1, 0.15) is 5.75 Å². The zero-order valence-electron chi connectivity index (χ0n) is 17.9. The van der Waals surface area contributed by atoms with E-state index in [2.05, 4.69) is 15.8 Å². The molecule has 3 aromatic carbocycles. The molecule has 5 nitrogen and oxygen atoms in total. The maximum absolute atomic E-state index is 13.5. The highest BCUT2D eigenvalue weighted by Gasteiger charge is 2.34. The van der Waals surface area contributed by atoms with Gasteiger partial charge in [-0.3, -0.25) is 4.90 Å². The van der Waals surface area contributed by atoms with Crippen LogP contribution >= 0.6 is 11.6 Å². The molecule has 3 aromatic rings. The first-order valence-corrected chi connectivity index (χ1v) is 10.8. The Morgan fingerprint density at radius 3 is 2.41 bits per heavy atom. The molecule has 0 N–H and O–H groups in total. The van der Waals surface area contributed by atoms with E-state index in [0.29, 0.717) is 28.5 Å². The first kappa shape index (κ1) is 23.3. The fourth-order valence-electron chi connectivity index (χ4n) is 3.76. The summed E-state index contributed by atoms with van der Waals surface area (Å²) < 4.78 is 29.5. The third kappa shape index (κ3) is 5.19. The monoisotopic (exact) mass is 479 g/mol. The van der Waals surface area contributed by atoms with Gasteiger partial charge in [0.15, 0.2) is 0 Å². The lowest BCUT2D eigenvalue weighted by Gasteiger charge is -2.25. The van der Waals surface area contributed by atoms with Gasteiger partial charge in [-0.05, 0) is 59.7 Å². The van der Waals surface area contributed by atoms with E-state index in [-0.39, 0.29) is 24.2 Å². The molecule has 0 radical (unpaired) electrons. The van der Waals surface area contributed by atoms with Crippen molar-refractivity contribution in [3.05, 3.63) is 95.0 Å². The lowest BCUT2D eigenvalue weighted by Crippen LogP contribution is -2.40. The van der Waals surface area contributed by atoms with Gasteiger partial charge in [0, 0.05) is 16.6 Å². The number of urea groups is 1. The summed E-state index contributed by atoms with van der Waals surface area (Å²) in [6.45, 7) is -2.56. The molecule has 172 valence electrons. The highest BCUT2D eigenvalue weighted by Crippen LogP contribution is 2.31. The van der Waals surface area contributed by atoms with Crippen LogP contribution in [0.3, 0.4) is 0 Å². The van der Waals surface area contributed by atoms with Gasteiger partial charge in [0.25, 0.3) is 0 Å². The lowest BCUT2D eigenvalue weighted by atomic mass is 9.90. The second kappa shape index (κ2) is 10.4. The van der Waals surface area contributed by atoms with E-state index < -0.39 is 6.61 Å². The van der Waals surface area contributed by atoms with Crippen molar-refractivity contribution in [2.24, 2.45) is 5.10 Å². The molecule has 34 heavy (non-hydrogen) atoms. The number of hydrogen-bond donors (Lipinski definition) is 0. The quantitative estimate of drug-likeness (QED) is 0.407. The SMILES string of the molecule is C#CCN(C(=O)N1CC(c2ccccc2)C(c2ccc(OC(F)F)cc2)=N1)c1ccc(Cl)cc1. The molecule has 1 aliphatic rings. The van der Waals surface area contributed by atoms with Crippen molar-refractivity contribution in [3.8, 4) is 18.1 Å². The molecule has 0 aliphatic carbocycles. The number of nitrogens with zero attached hydrogens (tertiary/aromatic N) is 3. The minimum atomic E-state index is -2.91. The fourth-order valence-corrected chi connectivity index (χ4v) is 3.88. The average molecular weight is 480 g/mol. The van der Waals surface area contributed by atoms with Crippen molar-refractivity contribution in [2.75, 3.05) is 18.0 Å². The number of anilines is 1. The molecule has 0 spiro atoms. The number of amides is 2. The summed E-state index contributed by atoms with van der Waals surface area (Å²) in [7, 11) is 0. The lowest BCUT2D eigenvalue weighted by molar-refractivity contribution is -0.0498. The maximum Gasteiger partial charge on any atom is 0.387 e. The van der Waals surface area contributed by atoms with Crippen LogP contribution in [-0.4, -0.2) is 36.5 Å². The van der Waals surface area contributed by atoms with Crippen molar-refractivity contribution >= 4 is 29.0 Å². The summed E-state index contributed by atoms with van der Waals surface area (Å²) in [6, 6.07) is 22.3. The van der Waals surface area contributed by atoms with E-state index in [0.717, 1.165) is 5.56 Å². The van der Waals surface area contributed by atoms with Crippen LogP contribution < -0.4 is 9.64 Å². The minimum Gasteiger partial charge on any atom is -0.435 e. The molecule has 1 heterocycles. The summed E-state index contributed by atoms with van der Waals surface area (Å²) in [5.74, 6) is 2.34. The van der Waals surface area contributed by atoms with Gasteiger partial charge in [-0.2, -0.15) is 13.9 Å². The molecule has 0 saturated heterocycles. The molecular formula is C26H20ClF2N3O2. The van der Waals surface area contributed by atoms with Gasteiger partial charge in [-0.25, -0.2) is 9.80 Å². The Labute approximate surface area is 201 Å². The minimum absolute atomic E-state index is 0.0458. The Bertz CT molecular complexity index is 1210. The summed E-state index contributed by atoms with van der Waals surface area (Å²) >= 11 is 5.99. The van der Waals surface area contributed by atoms with Crippen molar-refractivity contribution in [3.63, 3.8) is 0 Å². The third-order valence-corrected chi connectivity index (χ3v) is 5.58. The maximum atomic E-state index is 13.5. The number of ether oxygens (including phenoxy) is 1. The summed E-state index contributed by atoms with van der Waals surface area (Å²) in [6.07, 6.45) is 5.53. The first-order chi connectivity index (χ1) is 16.5. The Hall–Kier alpha value is -3.89. The molecule has 2 amide bonds. The summed E-state index contributed by atoms with van der Waals surface area (Å²) in [4.78, 5) is 14.9. The summed E-state index contributed by atoms with van der Waals surface area (Å²) in [5.41, 5.74) is 2.90. The molecule has 1 aliphatic heterocycles. The zero-order chi connectivity index (χ0) is 24.1. The third-order valence-electron chi connectivity index (χ3n) is 5.33. The van der Waals surface area contributed by atoms with E-state index in [1.807, 2.05) is 30.3 Å². The predicted octanol–water partition coefficient (Wildman–Crippen LogP) is 6.00. The number of hydrazone groups is 1. The number of alkyl halides is 2. The molecule has 0 saturated carbocycles. The number of carbonyl (C=O) groups excluding carboxylic acids is 1. The van der Waals surface area contributed by atoms with E-state index in [1.54, 1.807) is 36.4 Å². The van der Waals surface area contributed by atoms with Crippen LogP contribution in [0, 0.1) is 12.3 Å². The number of carbonyl (C=O) groups is 1. The fraction of sp³-hybridized carbons (Fsp3) is 0.154. The van der Waals surface area contributed by atoms with Gasteiger partial charge >= 0.3 is 12.6 Å². The zero-order valence-corrected chi connectivity index (χ0v) is 18.7. The van der Waals surface area contributed by atoms with Crippen molar-refractivity contribution in [2.45, 2.75) is 12.5 Å². The van der Waals surface area contributed by atoms with E-state index in [9.17, 15) is 13.6 Å². The molecule has 8 heteroatoms. The van der Waals surface area contributed by atoms with Crippen LogP contribution in [0.2, 0.25) is 5.02 Å².